The van der Waals surface area contributed by atoms with Crippen molar-refractivity contribution in [2.24, 2.45) is 0 Å². The van der Waals surface area contributed by atoms with Crippen molar-refractivity contribution >= 4 is 23.3 Å². The summed E-state index contributed by atoms with van der Waals surface area (Å²) in [4.78, 5) is 23.4. The Morgan fingerprint density at radius 1 is 1.13 bits per heavy atom. The standard InChI is InChI=1S/C17H18N2O4/c1-11-3-6-13(7-4-11)19-16(20)10-23-15-9-12(17(21)22-2)5-8-14(15)18/h3-9H,10,18H2,1-2H3,(H,19,20). The molecule has 23 heavy (non-hydrogen) atoms. The van der Waals surface area contributed by atoms with Crippen LogP contribution in [0.4, 0.5) is 11.4 Å². The van der Waals surface area contributed by atoms with Crippen LogP contribution >= 0.6 is 0 Å². The van der Waals surface area contributed by atoms with Gasteiger partial charge in [-0.25, -0.2) is 4.79 Å². The van der Waals surface area contributed by atoms with Gasteiger partial charge in [-0.1, -0.05) is 17.7 Å². The number of carbonyl (C=O) groups excluding carboxylic acids is 2. The van der Waals surface area contributed by atoms with Gasteiger partial charge < -0.3 is 20.5 Å². The number of ether oxygens (including phenoxy) is 2. The van der Waals surface area contributed by atoms with E-state index >= 15 is 0 Å². The Labute approximate surface area is 134 Å². The maximum atomic E-state index is 11.9. The third-order valence-electron chi connectivity index (χ3n) is 3.13. The number of rotatable bonds is 5. The lowest BCUT2D eigenvalue weighted by atomic mass is 10.2. The van der Waals surface area contributed by atoms with E-state index in [1.54, 1.807) is 12.1 Å². The van der Waals surface area contributed by atoms with E-state index in [0.717, 1.165) is 5.56 Å². The smallest absolute Gasteiger partial charge is 0.337 e. The molecule has 120 valence electrons. The highest BCUT2D eigenvalue weighted by Crippen LogP contribution is 2.23. The Kier molecular flexibility index (Phi) is 5.19. The number of hydrogen-bond donors (Lipinski definition) is 2. The summed E-state index contributed by atoms with van der Waals surface area (Å²) in [7, 11) is 1.29. The second kappa shape index (κ2) is 7.31. The van der Waals surface area contributed by atoms with Crippen LogP contribution in [0, 0.1) is 6.92 Å². The second-order valence-corrected chi connectivity index (χ2v) is 4.95. The molecule has 6 nitrogen and oxygen atoms in total. The number of methoxy groups -OCH3 is 1. The fraction of sp³-hybridized carbons (Fsp3) is 0.176. The van der Waals surface area contributed by atoms with Gasteiger partial charge in [-0.3, -0.25) is 4.79 Å². The first kappa shape index (κ1) is 16.4. The summed E-state index contributed by atoms with van der Waals surface area (Å²) in [6.07, 6.45) is 0. The summed E-state index contributed by atoms with van der Waals surface area (Å²) in [6, 6.07) is 11.9. The van der Waals surface area contributed by atoms with Gasteiger partial charge >= 0.3 is 5.97 Å². The SMILES string of the molecule is COC(=O)c1ccc(N)c(OCC(=O)Nc2ccc(C)cc2)c1. The van der Waals surface area contributed by atoms with Gasteiger partial charge in [0.2, 0.25) is 0 Å². The highest BCUT2D eigenvalue weighted by molar-refractivity contribution is 5.92. The molecule has 0 aromatic heterocycles. The maximum Gasteiger partial charge on any atom is 0.337 e. The number of nitrogens with two attached hydrogens (primary N) is 1. The van der Waals surface area contributed by atoms with E-state index in [1.807, 2.05) is 19.1 Å². The highest BCUT2D eigenvalue weighted by Gasteiger charge is 2.11. The monoisotopic (exact) mass is 314 g/mol. The first-order valence-corrected chi connectivity index (χ1v) is 6.97. The van der Waals surface area contributed by atoms with E-state index in [-0.39, 0.29) is 18.3 Å². The molecule has 0 radical (unpaired) electrons. The lowest BCUT2D eigenvalue weighted by Gasteiger charge is -2.10. The van der Waals surface area contributed by atoms with E-state index < -0.39 is 5.97 Å². The Hall–Kier alpha value is -3.02. The lowest BCUT2D eigenvalue weighted by molar-refractivity contribution is -0.118. The van der Waals surface area contributed by atoms with E-state index in [1.165, 1.54) is 25.3 Å². The number of nitrogens with one attached hydrogen (secondary N) is 1. The molecule has 0 aliphatic rings. The zero-order chi connectivity index (χ0) is 16.8. The number of nitrogen functional groups attached to an aromatic ring is 1. The van der Waals surface area contributed by atoms with Gasteiger partial charge in [-0.15, -0.1) is 0 Å². The summed E-state index contributed by atoms with van der Waals surface area (Å²) < 4.78 is 10.0. The Morgan fingerprint density at radius 2 is 1.83 bits per heavy atom. The summed E-state index contributed by atoms with van der Waals surface area (Å²) >= 11 is 0. The van der Waals surface area contributed by atoms with E-state index in [0.29, 0.717) is 16.9 Å². The molecule has 0 spiro atoms. The van der Waals surface area contributed by atoms with Crippen LogP contribution in [0.15, 0.2) is 42.5 Å². The van der Waals surface area contributed by atoms with Crippen molar-refractivity contribution in [1.82, 2.24) is 0 Å². The van der Waals surface area contributed by atoms with Gasteiger partial charge in [0.1, 0.15) is 5.75 Å². The Balaban J connectivity index is 1.98. The number of benzene rings is 2. The zero-order valence-electron chi connectivity index (χ0n) is 13.0. The summed E-state index contributed by atoms with van der Waals surface area (Å²) in [5.74, 6) is -0.567. The summed E-state index contributed by atoms with van der Waals surface area (Å²) in [6.45, 7) is 1.74. The highest BCUT2D eigenvalue weighted by atomic mass is 16.5. The molecule has 6 heteroatoms. The lowest BCUT2D eigenvalue weighted by Crippen LogP contribution is -2.20. The molecule has 2 rings (SSSR count). The van der Waals surface area contributed by atoms with E-state index in [9.17, 15) is 9.59 Å². The van der Waals surface area contributed by atoms with E-state index in [2.05, 4.69) is 10.1 Å². The van der Waals surface area contributed by atoms with Crippen molar-refractivity contribution in [1.29, 1.82) is 0 Å². The van der Waals surface area contributed by atoms with Gasteiger partial charge in [0, 0.05) is 5.69 Å². The normalized spacial score (nSPS) is 10.0. The number of anilines is 2. The summed E-state index contributed by atoms with van der Waals surface area (Å²) in [5, 5.41) is 2.71. The predicted octanol–water partition coefficient (Wildman–Crippen LogP) is 2.38. The third kappa shape index (κ3) is 4.47. The van der Waals surface area contributed by atoms with Crippen LogP contribution in [0.5, 0.6) is 5.75 Å². The molecule has 0 aliphatic carbocycles. The van der Waals surface area contributed by atoms with Gasteiger partial charge in [0.15, 0.2) is 6.61 Å². The molecule has 3 N–H and O–H groups in total. The van der Waals surface area contributed by atoms with Gasteiger partial charge in [0.25, 0.3) is 5.91 Å². The Morgan fingerprint density at radius 3 is 2.48 bits per heavy atom. The fourth-order valence-electron chi connectivity index (χ4n) is 1.88. The minimum atomic E-state index is -0.501. The average molecular weight is 314 g/mol. The number of carbonyl (C=O) groups is 2. The largest absolute Gasteiger partial charge is 0.482 e. The molecule has 0 saturated carbocycles. The molecule has 1 amide bonds. The number of esters is 1. The average Bonchev–Trinajstić information content (AvgIpc) is 2.55. The third-order valence-corrected chi connectivity index (χ3v) is 3.13. The molecule has 0 heterocycles. The molecule has 0 fully saturated rings. The van der Waals surface area contributed by atoms with Crippen molar-refractivity contribution in [3.05, 3.63) is 53.6 Å². The first-order valence-electron chi connectivity index (χ1n) is 6.97. The van der Waals surface area contributed by atoms with Crippen LogP contribution in [0.25, 0.3) is 0 Å². The van der Waals surface area contributed by atoms with Crippen molar-refractivity contribution in [2.75, 3.05) is 24.8 Å². The zero-order valence-corrected chi connectivity index (χ0v) is 13.0. The van der Waals surface area contributed by atoms with Gasteiger partial charge in [0.05, 0.1) is 18.4 Å². The molecule has 2 aromatic rings. The number of hydrogen-bond acceptors (Lipinski definition) is 5. The van der Waals surface area contributed by atoms with Crippen molar-refractivity contribution < 1.29 is 19.1 Å². The molecule has 0 unspecified atom stereocenters. The predicted molar refractivity (Wildman–Crippen MR) is 87.5 cm³/mol. The molecular formula is C17H18N2O4. The molecule has 0 atom stereocenters. The molecule has 2 aromatic carbocycles. The number of aryl methyl sites for hydroxylation is 1. The first-order chi connectivity index (χ1) is 11.0. The van der Waals surface area contributed by atoms with Crippen molar-refractivity contribution in [3.8, 4) is 5.75 Å². The summed E-state index contributed by atoms with van der Waals surface area (Å²) in [5.41, 5.74) is 8.20. The topological polar surface area (TPSA) is 90.7 Å². The van der Waals surface area contributed by atoms with Crippen LogP contribution in [-0.2, 0) is 9.53 Å². The minimum Gasteiger partial charge on any atom is -0.482 e. The van der Waals surface area contributed by atoms with Crippen LogP contribution in [0.2, 0.25) is 0 Å². The Bertz CT molecular complexity index is 711. The van der Waals surface area contributed by atoms with Crippen LogP contribution < -0.4 is 15.8 Å². The second-order valence-electron chi connectivity index (χ2n) is 4.95. The minimum absolute atomic E-state index is 0.220. The maximum absolute atomic E-state index is 11.9. The van der Waals surface area contributed by atoms with Crippen molar-refractivity contribution in [2.45, 2.75) is 6.92 Å². The van der Waals surface area contributed by atoms with Gasteiger partial charge in [-0.05, 0) is 37.3 Å². The molecular weight excluding hydrogens is 296 g/mol. The molecule has 0 aliphatic heterocycles. The van der Waals surface area contributed by atoms with Crippen molar-refractivity contribution in [3.63, 3.8) is 0 Å². The van der Waals surface area contributed by atoms with Crippen LogP contribution in [0.3, 0.4) is 0 Å². The van der Waals surface area contributed by atoms with E-state index in [4.69, 9.17) is 10.5 Å². The fourth-order valence-corrected chi connectivity index (χ4v) is 1.88. The quantitative estimate of drug-likeness (QED) is 0.653. The molecule has 0 bridgehead atoms. The van der Waals surface area contributed by atoms with Gasteiger partial charge in [-0.2, -0.15) is 0 Å². The number of amides is 1. The van der Waals surface area contributed by atoms with Crippen LogP contribution in [0.1, 0.15) is 15.9 Å². The molecule has 0 saturated heterocycles. The van der Waals surface area contributed by atoms with Crippen LogP contribution in [-0.4, -0.2) is 25.6 Å².